The summed E-state index contributed by atoms with van der Waals surface area (Å²) >= 11 is 2.80. The van der Waals surface area contributed by atoms with Crippen molar-refractivity contribution in [2.45, 2.75) is 13.1 Å². The van der Waals surface area contributed by atoms with Gasteiger partial charge in [-0.2, -0.15) is 13.2 Å². The summed E-state index contributed by atoms with van der Waals surface area (Å²) in [5.41, 5.74) is 1.05. The number of hydrogen-bond acceptors (Lipinski definition) is 4. The normalized spacial score (nSPS) is 11.7. The molecule has 7 heteroatoms. The van der Waals surface area contributed by atoms with Gasteiger partial charge in [-0.05, 0) is 30.5 Å². The summed E-state index contributed by atoms with van der Waals surface area (Å²) in [6.45, 7) is 1.81. The van der Waals surface area contributed by atoms with Gasteiger partial charge in [-0.15, -0.1) is 22.7 Å². The number of aromatic nitrogens is 1. The number of rotatable bonds is 3. The summed E-state index contributed by atoms with van der Waals surface area (Å²) in [6.07, 6.45) is -4.34. The summed E-state index contributed by atoms with van der Waals surface area (Å²) in [6, 6.07) is 8.68. The Labute approximate surface area is 138 Å². The van der Waals surface area contributed by atoms with Crippen molar-refractivity contribution < 1.29 is 13.2 Å². The van der Waals surface area contributed by atoms with Crippen molar-refractivity contribution in [1.82, 2.24) is 4.98 Å². The molecule has 0 unspecified atom stereocenters. The average Bonchev–Trinajstić information content (AvgIpc) is 3.15. The molecule has 3 rings (SSSR count). The van der Waals surface area contributed by atoms with Crippen LogP contribution in [0, 0.1) is 12.3 Å². The van der Waals surface area contributed by atoms with Crippen molar-refractivity contribution >= 4 is 28.4 Å². The van der Waals surface area contributed by atoms with Gasteiger partial charge in [0, 0.05) is 5.56 Å². The van der Waals surface area contributed by atoms with Crippen molar-refractivity contribution in [3.8, 4) is 10.6 Å². The summed E-state index contributed by atoms with van der Waals surface area (Å²) < 4.78 is 37.8. The minimum atomic E-state index is -4.34. The highest BCUT2D eigenvalue weighted by Crippen LogP contribution is 2.33. The molecule has 3 aromatic rings. The zero-order chi connectivity index (χ0) is 16.6. The molecule has 0 saturated carbocycles. The number of alkyl halides is 3. The lowest BCUT2D eigenvalue weighted by Crippen LogP contribution is -2.03. The van der Waals surface area contributed by atoms with E-state index in [2.05, 4.69) is 4.98 Å². The molecule has 2 aromatic heterocycles. The lowest BCUT2D eigenvalue weighted by Gasteiger charge is -2.06. The fourth-order valence-corrected chi connectivity index (χ4v) is 3.87. The van der Waals surface area contributed by atoms with E-state index in [-0.39, 0.29) is 0 Å². The lowest BCUT2D eigenvalue weighted by molar-refractivity contribution is -0.137. The second-order valence-corrected chi connectivity index (χ2v) is 6.81. The molecule has 0 aliphatic heterocycles. The van der Waals surface area contributed by atoms with Gasteiger partial charge < -0.3 is 0 Å². The minimum absolute atomic E-state index is 0.396. The highest BCUT2D eigenvalue weighted by Gasteiger charge is 2.30. The van der Waals surface area contributed by atoms with Crippen LogP contribution in [0.25, 0.3) is 10.6 Å². The number of thiazole rings is 1. The summed E-state index contributed by atoms with van der Waals surface area (Å²) in [4.78, 5) is 5.99. The first-order valence-corrected chi connectivity index (χ1v) is 8.34. The van der Waals surface area contributed by atoms with Gasteiger partial charge in [0.1, 0.15) is 5.01 Å². The van der Waals surface area contributed by atoms with Crippen LogP contribution < -0.4 is 0 Å². The Bertz CT molecular complexity index is 831. The molecule has 0 atom stereocenters. The van der Waals surface area contributed by atoms with Gasteiger partial charge in [0.2, 0.25) is 0 Å². The third kappa shape index (κ3) is 3.20. The summed E-state index contributed by atoms with van der Waals surface area (Å²) in [5.74, 6) is 0. The highest BCUT2D eigenvalue weighted by atomic mass is 32.1. The molecule has 0 saturated heterocycles. The Morgan fingerprint density at radius 2 is 1.83 bits per heavy atom. The smallest absolute Gasteiger partial charge is 0.298 e. The van der Waals surface area contributed by atoms with Crippen LogP contribution in [0.2, 0.25) is 0 Å². The second-order valence-electron chi connectivity index (χ2n) is 4.86. The van der Waals surface area contributed by atoms with Crippen LogP contribution in [-0.2, 0) is 6.18 Å². The van der Waals surface area contributed by atoms with E-state index >= 15 is 0 Å². The molecule has 1 N–H and O–H groups in total. The van der Waals surface area contributed by atoms with Gasteiger partial charge >= 0.3 is 6.18 Å². The molecule has 1 aromatic carbocycles. The minimum Gasteiger partial charge on any atom is -0.298 e. The zero-order valence-electron chi connectivity index (χ0n) is 11.9. The lowest BCUT2D eigenvalue weighted by atomic mass is 10.1. The van der Waals surface area contributed by atoms with Gasteiger partial charge in [-0.1, -0.05) is 18.2 Å². The van der Waals surface area contributed by atoms with Crippen LogP contribution in [0.1, 0.15) is 21.0 Å². The van der Waals surface area contributed by atoms with Crippen LogP contribution in [-0.4, -0.2) is 10.7 Å². The van der Waals surface area contributed by atoms with Gasteiger partial charge in [0.25, 0.3) is 0 Å². The molecule has 0 amide bonds. The molecule has 0 aliphatic rings. The first kappa shape index (κ1) is 15.9. The van der Waals surface area contributed by atoms with E-state index in [0.717, 1.165) is 21.9 Å². The topological polar surface area (TPSA) is 36.7 Å². The molecule has 118 valence electrons. The molecule has 23 heavy (non-hydrogen) atoms. The summed E-state index contributed by atoms with van der Waals surface area (Å²) in [5, 5.41) is 10.8. The van der Waals surface area contributed by atoms with Crippen LogP contribution in [0.15, 0.2) is 41.8 Å². The maximum Gasteiger partial charge on any atom is 0.416 e. The number of benzene rings is 1. The van der Waals surface area contributed by atoms with E-state index in [9.17, 15) is 13.2 Å². The fraction of sp³-hybridized carbons (Fsp3) is 0.125. The molecular weight excluding hydrogens is 341 g/mol. The molecule has 0 spiro atoms. The molecule has 0 radical (unpaired) electrons. The van der Waals surface area contributed by atoms with Gasteiger partial charge in [0.15, 0.2) is 0 Å². The first-order chi connectivity index (χ1) is 10.9. The van der Waals surface area contributed by atoms with Crippen molar-refractivity contribution in [2.24, 2.45) is 0 Å². The number of nitrogens with zero attached hydrogens (tertiary/aromatic N) is 1. The summed E-state index contributed by atoms with van der Waals surface area (Å²) in [7, 11) is 0. The number of nitrogens with one attached hydrogen (secondary N) is 1. The van der Waals surface area contributed by atoms with Gasteiger partial charge in [-0.25, -0.2) is 4.98 Å². The van der Waals surface area contributed by atoms with Crippen molar-refractivity contribution in [3.05, 3.63) is 62.8 Å². The van der Waals surface area contributed by atoms with Crippen LogP contribution in [0.5, 0.6) is 0 Å². The Kier molecular flexibility index (Phi) is 4.08. The fourth-order valence-electron chi connectivity index (χ4n) is 2.09. The largest absolute Gasteiger partial charge is 0.416 e. The third-order valence-electron chi connectivity index (χ3n) is 3.25. The maximum absolute atomic E-state index is 12.6. The Morgan fingerprint density at radius 3 is 2.39 bits per heavy atom. The zero-order valence-corrected chi connectivity index (χ0v) is 13.6. The number of halogens is 3. The van der Waals surface area contributed by atoms with Gasteiger partial charge in [-0.3, -0.25) is 5.41 Å². The highest BCUT2D eigenvalue weighted by molar-refractivity contribution is 7.19. The quantitative estimate of drug-likeness (QED) is 0.611. The first-order valence-electron chi connectivity index (χ1n) is 6.64. The number of aryl methyl sites for hydroxylation is 1. The number of hydrogen-bond donors (Lipinski definition) is 1. The molecule has 0 fully saturated rings. The predicted octanol–water partition coefficient (Wildman–Crippen LogP) is 5.61. The van der Waals surface area contributed by atoms with Crippen LogP contribution in [0.3, 0.4) is 0 Å². The van der Waals surface area contributed by atoms with Crippen molar-refractivity contribution in [2.75, 3.05) is 0 Å². The predicted molar refractivity (Wildman–Crippen MR) is 87.5 cm³/mol. The van der Waals surface area contributed by atoms with E-state index in [1.807, 2.05) is 24.4 Å². The Balaban J connectivity index is 1.93. The van der Waals surface area contributed by atoms with E-state index in [0.29, 0.717) is 22.0 Å². The Hall–Kier alpha value is -1.99. The molecule has 2 nitrogen and oxygen atoms in total. The van der Waals surface area contributed by atoms with Crippen molar-refractivity contribution in [3.63, 3.8) is 0 Å². The maximum atomic E-state index is 12.6. The molecule has 2 heterocycles. The SMILES string of the molecule is Cc1nc(-c2ccc(C(F)(F)F)cc2)sc1C(=N)c1cccs1. The monoisotopic (exact) mass is 352 g/mol. The van der Waals surface area contributed by atoms with Crippen LogP contribution >= 0.6 is 22.7 Å². The van der Waals surface area contributed by atoms with Gasteiger partial charge in [0.05, 0.1) is 26.7 Å². The van der Waals surface area contributed by atoms with E-state index in [1.165, 1.54) is 34.8 Å². The van der Waals surface area contributed by atoms with E-state index in [1.54, 1.807) is 0 Å². The Morgan fingerprint density at radius 1 is 1.13 bits per heavy atom. The van der Waals surface area contributed by atoms with Crippen LogP contribution in [0.4, 0.5) is 13.2 Å². The molecule has 0 bridgehead atoms. The number of thiophene rings is 1. The van der Waals surface area contributed by atoms with E-state index in [4.69, 9.17) is 5.41 Å². The molecule has 0 aliphatic carbocycles. The van der Waals surface area contributed by atoms with E-state index < -0.39 is 11.7 Å². The standard InChI is InChI=1S/C16H11F3N2S2/c1-9-14(13(20)12-3-2-8-22-12)23-15(21-9)10-4-6-11(7-5-10)16(17,18)19/h2-8,20H,1H3. The average molecular weight is 352 g/mol. The third-order valence-corrected chi connectivity index (χ3v) is 5.36. The molecular formula is C16H11F3N2S2. The second kappa shape index (κ2) is 5.90. The van der Waals surface area contributed by atoms with Crippen molar-refractivity contribution in [1.29, 1.82) is 5.41 Å².